The summed E-state index contributed by atoms with van der Waals surface area (Å²) in [5.41, 5.74) is 8.70. The molecule has 190 valence electrons. The first-order chi connectivity index (χ1) is 17.9. The number of rotatable bonds is 6. The predicted octanol–water partition coefficient (Wildman–Crippen LogP) is 5.23. The molecule has 0 radical (unpaired) electrons. The zero-order chi connectivity index (χ0) is 25.9. The molecular formula is C27H25ClF2N6O. The van der Waals surface area contributed by atoms with Crippen LogP contribution in [0.25, 0.3) is 22.8 Å². The van der Waals surface area contributed by atoms with Crippen LogP contribution in [0, 0.1) is 11.6 Å². The van der Waals surface area contributed by atoms with Gasteiger partial charge in [-0.25, -0.2) is 18.4 Å². The average Bonchev–Trinajstić information content (AvgIpc) is 3.31. The Hall–Kier alpha value is -3.98. The highest BCUT2D eigenvalue weighted by molar-refractivity contribution is 6.31. The second-order valence-electron chi connectivity index (χ2n) is 8.96. The van der Waals surface area contributed by atoms with Crippen molar-refractivity contribution >= 4 is 28.9 Å². The Morgan fingerprint density at radius 3 is 2.24 bits per heavy atom. The van der Waals surface area contributed by atoms with E-state index in [-0.39, 0.29) is 30.1 Å². The Bertz CT molecular complexity index is 1400. The molecule has 0 bridgehead atoms. The van der Waals surface area contributed by atoms with E-state index in [1.54, 1.807) is 47.4 Å². The molecule has 1 fully saturated rings. The van der Waals surface area contributed by atoms with Crippen molar-refractivity contribution in [2.24, 2.45) is 0 Å². The topological polar surface area (TPSA) is 89.1 Å². The largest absolute Gasteiger partial charge is 0.397 e. The number of halogens is 3. The molecule has 0 spiro atoms. The molecule has 0 aliphatic carbocycles. The number of nitrogens with one attached hydrogen (secondary N) is 1. The van der Waals surface area contributed by atoms with E-state index in [0.717, 1.165) is 18.5 Å². The molecule has 1 saturated heterocycles. The summed E-state index contributed by atoms with van der Waals surface area (Å²) in [6.45, 7) is 1.12. The minimum absolute atomic E-state index is 0.0275. The minimum atomic E-state index is -0.374. The normalized spacial score (nSPS) is 14.1. The van der Waals surface area contributed by atoms with Crippen LogP contribution in [-0.4, -0.2) is 44.7 Å². The first-order valence-corrected chi connectivity index (χ1v) is 12.3. The van der Waals surface area contributed by atoms with Crippen molar-refractivity contribution in [1.82, 2.24) is 19.7 Å². The number of nitrogens with zero attached hydrogens (tertiary/aromatic N) is 4. The number of carbonyl (C=O) groups is 1. The van der Waals surface area contributed by atoms with Crippen molar-refractivity contribution in [3.8, 4) is 22.8 Å². The van der Waals surface area contributed by atoms with E-state index in [4.69, 9.17) is 17.3 Å². The lowest BCUT2D eigenvalue weighted by Crippen LogP contribution is -2.43. The Morgan fingerprint density at radius 2 is 1.59 bits per heavy atom. The second-order valence-corrected chi connectivity index (χ2v) is 9.40. The van der Waals surface area contributed by atoms with Crippen LogP contribution in [0.4, 0.5) is 20.2 Å². The van der Waals surface area contributed by atoms with Gasteiger partial charge in [-0.1, -0.05) is 11.6 Å². The lowest BCUT2D eigenvalue weighted by Gasteiger charge is -2.33. The quantitative estimate of drug-likeness (QED) is 0.338. The lowest BCUT2D eigenvalue weighted by atomic mass is 10.0. The molecule has 3 aromatic carbocycles. The highest BCUT2D eigenvalue weighted by Crippen LogP contribution is 2.27. The van der Waals surface area contributed by atoms with E-state index >= 15 is 0 Å². The average molecular weight is 523 g/mol. The number of nitrogen functional groups attached to an aromatic ring is 1. The number of aromatic nitrogens is 3. The fourth-order valence-corrected chi connectivity index (χ4v) is 4.53. The third kappa shape index (κ3) is 5.72. The number of hydrogen-bond donors (Lipinski definition) is 2. The van der Waals surface area contributed by atoms with Gasteiger partial charge in [0.2, 0.25) is 5.91 Å². The van der Waals surface area contributed by atoms with E-state index in [1.165, 1.54) is 28.9 Å². The van der Waals surface area contributed by atoms with E-state index in [0.29, 0.717) is 46.6 Å². The minimum Gasteiger partial charge on any atom is -0.397 e. The van der Waals surface area contributed by atoms with Crippen molar-refractivity contribution in [2.75, 3.05) is 24.1 Å². The number of hydrogen-bond acceptors (Lipinski definition) is 5. The zero-order valence-corrected chi connectivity index (χ0v) is 20.6. The molecular weight excluding hydrogens is 498 g/mol. The van der Waals surface area contributed by atoms with Crippen LogP contribution >= 0.6 is 11.6 Å². The fraction of sp³-hybridized carbons (Fsp3) is 0.222. The summed E-state index contributed by atoms with van der Waals surface area (Å²) in [4.78, 5) is 19.6. The Kier molecular flexibility index (Phi) is 7.05. The van der Waals surface area contributed by atoms with Crippen molar-refractivity contribution in [1.29, 1.82) is 0 Å². The fourth-order valence-electron chi connectivity index (χ4n) is 4.36. The van der Waals surface area contributed by atoms with Gasteiger partial charge in [0.1, 0.15) is 18.2 Å². The summed E-state index contributed by atoms with van der Waals surface area (Å²) >= 11 is 6.09. The maximum absolute atomic E-state index is 13.5. The molecule has 0 saturated carbocycles. The summed E-state index contributed by atoms with van der Waals surface area (Å²) in [7, 11) is 0. The lowest BCUT2D eigenvalue weighted by molar-refractivity contribution is -0.132. The third-order valence-electron chi connectivity index (χ3n) is 6.38. The zero-order valence-electron chi connectivity index (χ0n) is 19.9. The smallest absolute Gasteiger partial charge is 0.244 e. The summed E-state index contributed by atoms with van der Waals surface area (Å²) in [5.74, 6) is -0.0526. The highest BCUT2D eigenvalue weighted by Gasteiger charge is 2.25. The summed E-state index contributed by atoms with van der Waals surface area (Å²) in [5, 5.41) is 8.57. The third-order valence-corrected chi connectivity index (χ3v) is 6.62. The van der Waals surface area contributed by atoms with E-state index in [9.17, 15) is 13.6 Å². The molecule has 0 unspecified atom stereocenters. The van der Waals surface area contributed by atoms with Crippen molar-refractivity contribution in [3.05, 3.63) is 83.4 Å². The summed E-state index contributed by atoms with van der Waals surface area (Å²) in [6.07, 6.45) is 1.50. The van der Waals surface area contributed by atoms with Crippen molar-refractivity contribution in [2.45, 2.75) is 25.4 Å². The maximum atomic E-state index is 13.5. The van der Waals surface area contributed by atoms with Gasteiger partial charge in [0, 0.05) is 35.3 Å². The number of amides is 1. The first kappa shape index (κ1) is 24.7. The van der Waals surface area contributed by atoms with Gasteiger partial charge in [0.25, 0.3) is 0 Å². The van der Waals surface area contributed by atoms with Crippen LogP contribution in [-0.2, 0) is 11.3 Å². The van der Waals surface area contributed by atoms with Gasteiger partial charge in [0.15, 0.2) is 11.6 Å². The van der Waals surface area contributed by atoms with Crippen LogP contribution in [0.15, 0.2) is 66.7 Å². The van der Waals surface area contributed by atoms with Gasteiger partial charge in [0.05, 0.1) is 11.4 Å². The molecule has 10 heteroatoms. The Morgan fingerprint density at radius 1 is 0.973 bits per heavy atom. The first-order valence-electron chi connectivity index (χ1n) is 11.9. The predicted molar refractivity (Wildman–Crippen MR) is 140 cm³/mol. The number of benzene rings is 3. The van der Waals surface area contributed by atoms with Gasteiger partial charge in [-0.05, 0) is 79.6 Å². The molecule has 1 aromatic heterocycles. The number of piperidine rings is 1. The molecule has 2 heterocycles. The molecule has 1 aliphatic heterocycles. The van der Waals surface area contributed by atoms with Crippen LogP contribution in [0.3, 0.4) is 0 Å². The Balaban J connectivity index is 1.30. The number of carbonyl (C=O) groups excluding carboxylic acids is 1. The SMILES string of the molecule is Nc1ccc(Cl)cc1NC1CCN(C(=O)Cn2nc(-c3ccc(F)cc3)nc2-c2ccc(F)cc2)CC1. The van der Waals surface area contributed by atoms with Gasteiger partial charge in [-0.15, -0.1) is 5.10 Å². The van der Waals surface area contributed by atoms with Gasteiger partial charge >= 0.3 is 0 Å². The summed E-state index contributed by atoms with van der Waals surface area (Å²) in [6, 6.07) is 17.1. The molecule has 4 aromatic rings. The number of anilines is 2. The molecule has 5 rings (SSSR count). The van der Waals surface area contributed by atoms with Crippen LogP contribution < -0.4 is 11.1 Å². The molecule has 0 atom stereocenters. The van der Waals surface area contributed by atoms with E-state index in [1.807, 2.05) is 0 Å². The van der Waals surface area contributed by atoms with Crippen LogP contribution in [0.1, 0.15) is 12.8 Å². The summed E-state index contributed by atoms with van der Waals surface area (Å²) < 4.78 is 28.4. The van der Waals surface area contributed by atoms with Crippen LogP contribution in [0.5, 0.6) is 0 Å². The maximum Gasteiger partial charge on any atom is 0.244 e. The molecule has 1 amide bonds. The monoisotopic (exact) mass is 522 g/mol. The Labute approximate surface area is 217 Å². The molecule has 37 heavy (non-hydrogen) atoms. The van der Waals surface area contributed by atoms with Crippen LogP contribution in [0.2, 0.25) is 5.02 Å². The van der Waals surface area contributed by atoms with Gasteiger partial charge in [-0.2, -0.15) is 0 Å². The number of nitrogens with two attached hydrogens (primary N) is 1. The van der Waals surface area contributed by atoms with Gasteiger partial charge < -0.3 is 16.0 Å². The standard InChI is InChI=1S/C27H25ClF2N6O/c28-19-5-10-23(31)24(15-19)32-22-11-13-35(14-12-22)25(37)16-36-27(18-3-8-21(30)9-4-18)33-26(34-36)17-1-6-20(29)7-2-17/h1-10,15,22,32H,11-14,16,31H2. The molecule has 7 nitrogen and oxygen atoms in total. The number of likely N-dealkylation sites (tertiary alicyclic amines) is 1. The highest BCUT2D eigenvalue weighted by atomic mass is 35.5. The molecule has 3 N–H and O–H groups in total. The van der Waals surface area contributed by atoms with E-state index in [2.05, 4.69) is 15.4 Å². The molecule has 1 aliphatic rings. The van der Waals surface area contributed by atoms with E-state index < -0.39 is 0 Å². The second kappa shape index (κ2) is 10.6. The van der Waals surface area contributed by atoms with Crippen molar-refractivity contribution < 1.29 is 13.6 Å². The van der Waals surface area contributed by atoms with Crippen molar-refractivity contribution in [3.63, 3.8) is 0 Å². The van der Waals surface area contributed by atoms with Gasteiger partial charge in [-0.3, -0.25) is 4.79 Å².